The number of aldehydes is 1. The molecule has 0 amide bonds. The summed E-state index contributed by atoms with van der Waals surface area (Å²) < 4.78 is 31.9. The van der Waals surface area contributed by atoms with Gasteiger partial charge in [-0.25, -0.2) is 9.18 Å². The van der Waals surface area contributed by atoms with Gasteiger partial charge in [-0.1, -0.05) is 31.5 Å². The molecule has 0 spiro atoms. The Labute approximate surface area is 195 Å². The van der Waals surface area contributed by atoms with E-state index in [1.165, 1.54) is 12.1 Å². The van der Waals surface area contributed by atoms with Gasteiger partial charge in [-0.15, -0.1) is 0 Å². The van der Waals surface area contributed by atoms with Crippen molar-refractivity contribution in [2.24, 2.45) is 0 Å². The predicted molar refractivity (Wildman–Crippen MR) is 128 cm³/mol. The summed E-state index contributed by atoms with van der Waals surface area (Å²) in [5.74, 6) is -1.79. The van der Waals surface area contributed by atoms with Crippen LogP contribution in [-0.2, 0) is 25.1 Å². The maximum atomic E-state index is 14.3. The first kappa shape index (κ1) is 24.7. The van der Waals surface area contributed by atoms with Gasteiger partial charge < -0.3 is 14.6 Å². The Bertz CT molecular complexity index is 1150. The van der Waals surface area contributed by atoms with Crippen LogP contribution in [0.1, 0.15) is 49.8 Å². The Morgan fingerprint density at radius 1 is 1.18 bits per heavy atom. The number of hydrogen-bond acceptors (Lipinski definition) is 4. The molecule has 1 N–H and O–H groups in total. The van der Waals surface area contributed by atoms with Crippen molar-refractivity contribution >= 4 is 40.3 Å². The fraction of sp³-hybridized carbons (Fsp3) is 0.308. The first-order chi connectivity index (χ1) is 15.7. The summed E-state index contributed by atoms with van der Waals surface area (Å²) in [5, 5.41) is 10.2. The van der Waals surface area contributed by atoms with E-state index in [1.54, 1.807) is 31.4 Å². The van der Waals surface area contributed by atoms with Crippen LogP contribution in [0.5, 0.6) is 0 Å². The van der Waals surface area contributed by atoms with Crippen LogP contribution < -0.4 is 0 Å². The van der Waals surface area contributed by atoms with Crippen molar-refractivity contribution in [2.45, 2.75) is 43.6 Å². The van der Waals surface area contributed by atoms with Crippen LogP contribution >= 0.6 is 0 Å². The third-order valence-electron chi connectivity index (χ3n) is 5.81. The van der Waals surface area contributed by atoms with Crippen LogP contribution in [-0.4, -0.2) is 40.0 Å². The van der Waals surface area contributed by atoms with Gasteiger partial charge in [0.15, 0.2) is 5.60 Å². The largest absolute Gasteiger partial charge is 0.479 e. The zero-order valence-electron chi connectivity index (χ0n) is 18.9. The quantitative estimate of drug-likeness (QED) is 0.385. The maximum absolute atomic E-state index is 14.3. The lowest BCUT2D eigenvalue weighted by molar-refractivity contribution is -0.159. The maximum Gasteiger partial charge on any atom is 0.341 e. The Hall–Kier alpha value is -2.90. The van der Waals surface area contributed by atoms with Gasteiger partial charge in [0.1, 0.15) is 12.1 Å². The molecule has 0 bridgehead atoms. The van der Waals surface area contributed by atoms with Gasteiger partial charge in [0.05, 0.1) is 0 Å². The smallest absolute Gasteiger partial charge is 0.341 e. The van der Waals surface area contributed by atoms with E-state index in [0.29, 0.717) is 39.9 Å². The van der Waals surface area contributed by atoms with Crippen LogP contribution in [0.4, 0.5) is 4.39 Å². The molecule has 3 rings (SSSR count). The molecule has 0 fully saturated rings. The van der Waals surface area contributed by atoms with E-state index in [2.05, 4.69) is 0 Å². The van der Waals surface area contributed by atoms with Gasteiger partial charge in [-0.05, 0) is 71.5 Å². The molecular weight excluding hydrogens is 443 g/mol. The molecule has 0 saturated heterocycles. The van der Waals surface area contributed by atoms with Gasteiger partial charge in [0, 0.05) is 40.6 Å². The number of halogens is 1. The lowest BCUT2D eigenvalue weighted by Crippen LogP contribution is -2.43. The molecule has 0 radical (unpaired) electrons. The molecule has 0 aliphatic heterocycles. The zero-order chi connectivity index (χ0) is 24.2. The van der Waals surface area contributed by atoms with Gasteiger partial charge in [0.2, 0.25) is 0 Å². The highest BCUT2D eigenvalue weighted by Gasteiger charge is 2.48. The number of carbonyl (C=O) groups excluding carboxylic acids is 1. The van der Waals surface area contributed by atoms with E-state index in [9.17, 15) is 23.3 Å². The van der Waals surface area contributed by atoms with Crippen molar-refractivity contribution in [3.05, 3.63) is 70.5 Å². The van der Waals surface area contributed by atoms with E-state index in [4.69, 9.17) is 4.74 Å². The average molecular weight is 471 g/mol. The average Bonchev–Trinajstić information content (AvgIpc) is 3.04. The molecule has 174 valence electrons. The molecule has 5 nitrogen and oxygen atoms in total. The van der Waals surface area contributed by atoms with E-state index in [0.717, 1.165) is 17.6 Å². The van der Waals surface area contributed by atoms with Crippen LogP contribution in [0.25, 0.3) is 17.2 Å². The van der Waals surface area contributed by atoms with Crippen LogP contribution in [0.3, 0.4) is 0 Å². The number of aliphatic carboxylic acids is 1. The van der Waals surface area contributed by atoms with Crippen molar-refractivity contribution < 1.29 is 28.0 Å². The molecule has 33 heavy (non-hydrogen) atoms. The van der Waals surface area contributed by atoms with E-state index in [-0.39, 0.29) is 13.0 Å². The SMILES string of the molecule is CCCCOC(CC=O)(C(=O)O)C1=C(C)C(=Cc2ccc(S(C)=O)cc2)c2ccc(F)cc21. The number of unbranched alkanes of at least 4 members (excludes halogenated alkanes) is 1. The Morgan fingerprint density at radius 2 is 1.88 bits per heavy atom. The fourth-order valence-electron chi connectivity index (χ4n) is 4.12. The van der Waals surface area contributed by atoms with Gasteiger partial charge in [-0.3, -0.25) is 4.21 Å². The highest BCUT2D eigenvalue weighted by molar-refractivity contribution is 7.84. The Morgan fingerprint density at radius 3 is 2.45 bits per heavy atom. The number of allylic oxidation sites excluding steroid dienone is 2. The second-order valence-electron chi connectivity index (χ2n) is 7.98. The minimum Gasteiger partial charge on any atom is -0.479 e. The Balaban J connectivity index is 2.23. The first-order valence-corrected chi connectivity index (χ1v) is 12.3. The van der Waals surface area contributed by atoms with Gasteiger partial charge in [-0.2, -0.15) is 0 Å². The van der Waals surface area contributed by atoms with Crippen molar-refractivity contribution in [1.29, 1.82) is 0 Å². The summed E-state index contributed by atoms with van der Waals surface area (Å²) in [6, 6.07) is 11.4. The van der Waals surface area contributed by atoms with Crippen molar-refractivity contribution in [1.82, 2.24) is 0 Å². The molecule has 2 aromatic carbocycles. The number of benzene rings is 2. The van der Waals surface area contributed by atoms with Gasteiger partial charge >= 0.3 is 5.97 Å². The molecule has 0 heterocycles. The third-order valence-corrected chi connectivity index (χ3v) is 6.75. The molecule has 2 aromatic rings. The molecule has 1 aliphatic carbocycles. The highest BCUT2D eigenvalue weighted by atomic mass is 32.2. The first-order valence-electron chi connectivity index (χ1n) is 10.7. The third kappa shape index (κ3) is 4.89. The fourth-order valence-corrected chi connectivity index (χ4v) is 4.64. The summed E-state index contributed by atoms with van der Waals surface area (Å²) in [4.78, 5) is 24.8. The summed E-state index contributed by atoms with van der Waals surface area (Å²) in [6.07, 6.45) is 5.05. The number of hydrogen-bond donors (Lipinski definition) is 1. The van der Waals surface area contributed by atoms with Crippen molar-refractivity contribution in [2.75, 3.05) is 12.9 Å². The predicted octanol–water partition coefficient (Wildman–Crippen LogP) is 5.12. The monoisotopic (exact) mass is 470 g/mol. The van der Waals surface area contributed by atoms with Gasteiger partial charge in [0.25, 0.3) is 0 Å². The van der Waals surface area contributed by atoms with E-state index < -0.39 is 28.2 Å². The van der Waals surface area contributed by atoms with Crippen LogP contribution in [0, 0.1) is 5.82 Å². The van der Waals surface area contributed by atoms with E-state index in [1.807, 2.05) is 25.1 Å². The molecule has 0 saturated carbocycles. The number of fused-ring (bicyclic) bond motifs is 1. The number of ether oxygens (including phenoxy) is 1. The highest BCUT2D eigenvalue weighted by Crippen LogP contribution is 2.49. The normalized spacial score (nSPS) is 17.0. The molecule has 7 heteroatoms. The van der Waals surface area contributed by atoms with Crippen molar-refractivity contribution in [3.8, 4) is 0 Å². The summed E-state index contributed by atoms with van der Waals surface area (Å²) >= 11 is 0. The molecule has 2 atom stereocenters. The standard InChI is InChI=1S/C26H27FO5S/c1-4-5-14-32-26(12-13-28,25(29)30)24-17(2)22(21-11-8-19(27)16-23(21)24)15-18-6-9-20(10-7-18)33(3)31/h6-11,13,15-16H,4-5,12,14H2,1-3H3,(H,29,30). The minimum absolute atomic E-state index is 0.159. The lowest BCUT2D eigenvalue weighted by Gasteiger charge is -2.31. The number of carboxylic acids is 1. The number of rotatable bonds is 10. The molecule has 0 aromatic heterocycles. The van der Waals surface area contributed by atoms with E-state index >= 15 is 0 Å². The molecular formula is C26H27FO5S. The topological polar surface area (TPSA) is 80.7 Å². The molecule has 1 aliphatic rings. The minimum atomic E-state index is -1.91. The number of carboxylic acid groups (broad SMARTS) is 1. The molecule has 2 unspecified atom stereocenters. The number of carbonyl (C=O) groups is 2. The van der Waals surface area contributed by atoms with Crippen LogP contribution in [0.2, 0.25) is 0 Å². The lowest BCUT2D eigenvalue weighted by atomic mass is 9.85. The summed E-state index contributed by atoms with van der Waals surface area (Å²) in [5.41, 5.74) is 1.61. The zero-order valence-corrected chi connectivity index (χ0v) is 19.7. The van der Waals surface area contributed by atoms with Crippen LogP contribution in [0.15, 0.2) is 52.9 Å². The second-order valence-corrected chi connectivity index (χ2v) is 9.36. The summed E-state index contributed by atoms with van der Waals surface area (Å²) in [7, 11) is -1.10. The van der Waals surface area contributed by atoms with Crippen molar-refractivity contribution in [3.63, 3.8) is 0 Å². The Kier molecular flexibility index (Phi) is 7.76. The summed E-state index contributed by atoms with van der Waals surface area (Å²) in [6.45, 7) is 3.88. The second kappa shape index (κ2) is 10.4.